The lowest BCUT2D eigenvalue weighted by atomic mass is 9.84. The molecular weight excluding hydrogens is 358 g/mol. The largest absolute Gasteiger partial charge is 0.348 e. The molecule has 2 heterocycles. The van der Waals surface area contributed by atoms with Gasteiger partial charge in [0.05, 0.1) is 5.75 Å². The van der Waals surface area contributed by atoms with E-state index in [1.807, 2.05) is 16.7 Å². The SMILES string of the molecule is CC[C@H](C)NC(=O)[C@H]1CSC2(CCN(C(=O)C[C@@H](C)CC(C)(C)C)CC2)[NH2+]1. The van der Waals surface area contributed by atoms with Crippen LogP contribution in [0.5, 0.6) is 0 Å². The first-order valence-electron chi connectivity index (χ1n) is 10.6. The molecule has 2 amide bonds. The van der Waals surface area contributed by atoms with Gasteiger partial charge in [0.15, 0.2) is 6.04 Å². The summed E-state index contributed by atoms with van der Waals surface area (Å²) in [6, 6.07) is 0.250. The minimum absolute atomic E-state index is 0.0121. The van der Waals surface area contributed by atoms with Crippen molar-refractivity contribution in [1.82, 2.24) is 10.2 Å². The Bertz CT molecular complexity index is 524. The molecule has 0 radical (unpaired) electrons. The smallest absolute Gasteiger partial charge is 0.279 e. The van der Waals surface area contributed by atoms with Gasteiger partial charge in [-0.25, -0.2) is 0 Å². The number of piperidine rings is 1. The van der Waals surface area contributed by atoms with E-state index in [-0.39, 0.29) is 28.3 Å². The van der Waals surface area contributed by atoms with E-state index in [0.29, 0.717) is 18.2 Å². The second-order valence-corrected chi connectivity index (χ2v) is 11.4. The van der Waals surface area contributed by atoms with Crippen LogP contribution in [-0.2, 0) is 9.59 Å². The molecule has 5 nitrogen and oxygen atoms in total. The quantitative estimate of drug-likeness (QED) is 0.722. The molecule has 2 aliphatic rings. The van der Waals surface area contributed by atoms with E-state index in [9.17, 15) is 9.59 Å². The molecule has 0 aromatic heterocycles. The highest BCUT2D eigenvalue weighted by molar-refractivity contribution is 8.00. The zero-order chi connectivity index (χ0) is 20.2. The van der Waals surface area contributed by atoms with Gasteiger partial charge in [-0.1, -0.05) is 46.4 Å². The monoisotopic (exact) mass is 398 g/mol. The lowest BCUT2D eigenvalue weighted by Crippen LogP contribution is -3.00. The molecule has 2 saturated heterocycles. The summed E-state index contributed by atoms with van der Waals surface area (Å²) in [7, 11) is 0. The average Bonchev–Trinajstić information content (AvgIpc) is 2.97. The van der Waals surface area contributed by atoms with E-state index in [1.165, 1.54) is 0 Å². The molecule has 2 aliphatic heterocycles. The number of hydrogen-bond acceptors (Lipinski definition) is 3. The Morgan fingerprint density at radius 1 is 1.26 bits per heavy atom. The fourth-order valence-electron chi connectivity index (χ4n) is 4.31. The van der Waals surface area contributed by atoms with Crippen LogP contribution in [0.25, 0.3) is 0 Å². The molecule has 27 heavy (non-hydrogen) atoms. The third-order valence-corrected chi connectivity index (χ3v) is 7.48. The Labute approximate surface area is 169 Å². The summed E-state index contributed by atoms with van der Waals surface area (Å²) < 4.78 is 0. The van der Waals surface area contributed by atoms with Crippen molar-refractivity contribution in [3.05, 3.63) is 0 Å². The highest BCUT2D eigenvalue weighted by Crippen LogP contribution is 2.34. The van der Waals surface area contributed by atoms with Crippen LogP contribution in [0.4, 0.5) is 0 Å². The van der Waals surface area contributed by atoms with Crippen molar-refractivity contribution < 1.29 is 14.9 Å². The molecule has 156 valence electrons. The van der Waals surface area contributed by atoms with E-state index in [2.05, 4.69) is 52.2 Å². The molecule has 0 saturated carbocycles. The summed E-state index contributed by atoms with van der Waals surface area (Å²) in [4.78, 5) is 27.2. The fourth-order valence-corrected chi connectivity index (χ4v) is 5.80. The number of nitrogens with one attached hydrogen (secondary N) is 1. The molecule has 1 spiro atoms. The van der Waals surface area contributed by atoms with Gasteiger partial charge in [0.25, 0.3) is 5.91 Å². The Morgan fingerprint density at radius 2 is 1.89 bits per heavy atom. The van der Waals surface area contributed by atoms with Crippen LogP contribution < -0.4 is 10.6 Å². The minimum Gasteiger partial charge on any atom is -0.348 e. The molecule has 0 aromatic carbocycles. The lowest BCUT2D eigenvalue weighted by molar-refractivity contribution is -0.714. The zero-order valence-electron chi connectivity index (χ0n) is 18.1. The van der Waals surface area contributed by atoms with Gasteiger partial charge >= 0.3 is 0 Å². The van der Waals surface area contributed by atoms with Gasteiger partial charge in [-0.3, -0.25) is 9.59 Å². The van der Waals surface area contributed by atoms with E-state index in [4.69, 9.17) is 0 Å². The molecular formula is C21H40N3O2S+. The minimum atomic E-state index is 0.0121. The van der Waals surface area contributed by atoms with Crippen LogP contribution in [0.2, 0.25) is 0 Å². The van der Waals surface area contributed by atoms with Gasteiger partial charge in [0.1, 0.15) is 4.87 Å². The van der Waals surface area contributed by atoms with Crippen LogP contribution in [0, 0.1) is 11.3 Å². The first-order valence-corrected chi connectivity index (χ1v) is 11.6. The van der Waals surface area contributed by atoms with Crippen LogP contribution in [0.1, 0.15) is 73.6 Å². The first kappa shape index (κ1) is 22.5. The second kappa shape index (κ2) is 9.17. The number of thioether (sulfide) groups is 1. The van der Waals surface area contributed by atoms with Gasteiger partial charge < -0.3 is 15.5 Å². The van der Waals surface area contributed by atoms with Gasteiger partial charge in [0, 0.05) is 38.4 Å². The molecule has 3 N–H and O–H groups in total. The number of nitrogens with two attached hydrogens (primary N) is 1. The molecule has 0 bridgehead atoms. The van der Waals surface area contributed by atoms with Crippen molar-refractivity contribution in [2.24, 2.45) is 11.3 Å². The molecule has 0 aliphatic carbocycles. The molecule has 0 aromatic rings. The van der Waals surface area contributed by atoms with Crippen LogP contribution in [0.3, 0.4) is 0 Å². The maximum absolute atomic E-state index is 12.7. The van der Waals surface area contributed by atoms with E-state index >= 15 is 0 Å². The van der Waals surface area contributed by atoms with Crippen LogP contribution >= 0.6 is 11.8 Å². The topological polar surface area (TPSA) is 66.0 Å². The standard InChI is InChI=1S/C21H39N3O2S/c1-7-16(3)22-19(26)17-14-27-21(23-17)8-10-24(11-9-21)18(25)12-15(2)13-20(4,5)6/h15-17,23H,7-14H2,1-6H3,(H,22,26)/p+1/t15-,16+,17-/m1/s1. The number of carbonyl (C=O) groups excluding carboxylic acids is 2. The van der Waals surface area contributed by atoms with E-state index in [1.54, 1.807) is 0 Å². The Balaban J connectivity index is 1.79. The molecule has 2 fully saturated rings. The predicted molar refractivity (Wildman–Crippen MR) is 112 cm³/mol. The number of carbonyl (C=O) groups is 2. The summed E-state index contributed by atoms with van der Waals surface area (Å²) in [5.74, 6) is 1.77. The molecule has 6 heteroatoms. The van der Waals surface area contributed by atoms with E-state index < -0.39 is 0 Å². The Kier molecular flexibility index (Phi) is 7.65. The number of nitrogens with zero attached hydrogens (tertiary/aromatic N) is 1. The van der Waals surface area contributed by atoms with Crippen molar-refractivity contribution in [1.29, 1.82) is 0 Å². The van der Waals surface area contributed by atoms with Crippen molar-refractivity contribution in [3.63, 3.8) is 0 Å². The van der Waals surface area contributed by atoms with Crippen molar-refractivity contribution in [3.8, 4) is 0 Å². The van der Waals surface area contributed by atoms with Gasteiger partial charge in [0.2, 0.25) is 5.91 Å². The lowest BCUT2D eigenvalue weighted by Gasteiger charge is -2.37. The summed E-state index contributed by atoms with van der Waals surface area (Å²) in [6.45, 7) is 14.7. The highest BCUT2D eigenvalue weighted by atomic mass is 32.2. The Hall–Kier alpha value is -0.750. The normalized spacial score (nSPS) is 24.7. The number of hydrogen-bond donors (Lipinski definition) is 2. The Morgan fingerprint density at radius 3 is 2.44 bits per heavy atom. The average molecular weight is 399 g/mol. The van der Waals surface area contributed by atoms with Gasteiger partial charge in [-0.2, -0.15) is 0 Å². The first-order chi connectivity index (χ1) is 12.5. The molecule has 0 unspecified atom stereocenters. The third-order valence-electron chi connectivity index (χ3n) is 5.84. The molecule has 3 atom stereocenters. The summed E-state index contributed by atoms with van der Waals surface area (Å²) in [5, 5.41) is 5.39. The van der Waals surface area contributed by atoms with E-state index in [0.717, 1.165) is 44.5 Å². The second-order valence-electron chi connectivity index (χ2n) is 9.92. The zero-order valence-corrected chi connectivity index (χ0v) is 19.0. The van der Waals surface area contributed by atoms with Crippen molar-refractivity contribution in [2.75, 3.05) is 18.8 Å². The van der Waals surface area contributed by atoms with Crippen LogP contribution in [-0.4, -0.2) is 52.5 Å². The number of rotatable bonds is 6. The van der Waals surface area contributed by atoms with Crippen molar-refractivity contribution in [2.45, 2.75) is 90.6 Å². The number of quaternary nitrogens is 1. The maximum Gasteiger partial charge on any atom is 0.279 e. The number of likely N-dealkylation sites (tertiary alicyclic amines) is 1. The highest BCUT2D eigenvalue weighted by Gasteiger charge is 2.48. The fraction of sp³-hybridized carbons (Fsp3) is 0.905. The maximum atomic E-state index is 12.7. The third kappa shape index (κ3) is 6.67. The molecule has 2 rings (SSSR count). The summed E-state index contributed by atoms with van der Waals surface area (Å²) in [6.07, 6.45) is 4.64. The summed E-state index contributed by atoms with van der Waals surface area (Å²) >= 11 is 1.92. The van der Waals surface area contributed by atoms with Gasteiger partial charge in [-0.05, 0) is 31.1 Å². The predicted octanol–water partition coefficient (Wildman–Crippen LogP) is 2.36. The summed E-state index contributed by atoms with van der Waals surface area (Å²) in [5.41, 5.74) is 0.270. The number of amides is 2. The van der Waals surface area contributed by atoms with Gasteiger partial charge in [-0.15, -0.1) is 0 Å². The van der Waals surface area contributed by atoms with Crippen molar-refractivity contribution >= 4 is 23.6 Å². The van der Waals surface area contributed by atoms with Crippen LogP contribution in [0.15, 0.2) is 0 Å².